The Morgan fingerprint density at radius 3 is 2.29 bits per heavy atom. The molecule has 0 bridgehead atoms. The van der Waals surface area contributed by atoms with Crippen LogP contribution in [0, 0.1) is 11.3 Å². The van der Waals surface area contributed by atoms with Gasteiger partial charge in [0.2, 0.25) is 0 Å². The highest BCUT2D eigenvalue weighted by Crippen LogP contribution is 2.39. The first-order valence-corrected chi connectivity index (χ1v) is 9.56. The van der Waals surface area contributed by atoms with Gasteiger partial charge in [-0.3, -0.25) is 4.79 Å². The number of carbonyl (C=O) groups is 1. The van der Waals surface area contributed by atoms with Gasteiger partial charge >= 0.3 is 13.3 Å². The van der Waals surface area contributed by atoms with Crippen LogP contribution in [0.1, 0.15) is 51.3 Å². The lowest BCUT2D eigenvalue weighted by Crippen LogP contribution is -2.41. The summed E-state index contributed by atoms with van der Waals surface area (Å²) in [6, 6.07) is 4.78. The quantitative estimate of drug-likeness (QED) is 0.662. The lowest BCUT2D eigenvalue weighted by molar-refractivity contribution is -0.137. The number of halogens is 3. The monoisotopic (exact) mass is 411 g/mol. The van der Waals surface area contributed by atoms with Gasteiger partial charge in [0, 0.05) is 12.7 Å². The van der Waals surface area contributed by atoms with Crippen LogP contribution < -0.4 is 0 Å². The van der Waals surface area contributed by atoms with Crippen molar-refractivity contribution >= 4 is 30.1 Å². The van der Waals surface area contributed by atoms with E-state index in [1.807, 2.05) is 27.7 Å². The topological polar surface area (TPSA) is 59.3 Å². The number of nitrogens with zero attached hydrogens (tertiary/aromatic N) is 1. The molecule has 0 unspecified atom stereocenters. The van der Waals surface area contributed by atoms with Crippen molar-refractivity contribution in [1.29, 1.82) is 5.26 Å². The van der Waals surface area contributed by atoms with Crippen molar-refractivity contribution in [3.05, 3.63) is 40.4 Å². The highest BCUT2D eigenvalue weighted by atomic mass is 32.2. The molecule has 1 heterocycles. The molecule has 0 atom stereocenters. The lowest BCUT2D eigenvalue weighted by Gasteiger charge is -2.32. The summed E-state index contributed by atoms with van der Waals surface area (Å²) >= 11 is 1.04. The van der Waals surface area contributed by atoms with E-state index in [0.29, 0.717) is 11.0 Å². The largest absolute Gasteiger partial charge is 0.491 e. The molecule has 2 rings (SSSR count). The Kier molecular flexibility index (Phi) is 6.39. The zero-order valence-electron chi connectivity index (χ0n) is 16.3. The molecule has 150 valence electrons. The third kappa shape index (κ3) is 4.99. The maximum atomic E-state index is 12.9. The molecule has 1 aromatic rings. The van der Waals surface area contributed by atoms with Crippen LogP contribution in [-0.2, 0) is 20.3 Å². The Morgan fingerprint density at radius 2 is 1.82 bits per heavy atom. The Hall–Kier alpha value is -1.76. The Morgan fingerprint density at radius 1 is 1.25 bits per heavy atom. The standard InChI is InChI=1S/C19H21BF3NO3S/c1-12(25)28-11-16(20-26-17(2,3)18(4,5)27-20)9-13-6-7-15(19(21,22)23)8-14(13)10-24/h6-9H,11H2,1-5H3. The fourth-order valence-corrected chi connectivity index (χ4v) is 3.10. The van der Waals surface area contributed by atoms with Crippen LogP contribution in [0.25, 0.3) is 6.08 Å². The van der Waals surface area contributed by atoms with E-state index in [1.165, 1.54) is 13.0 Å². The van der Waals surface area contributed by atoms with Gasteiger partial charge in [-0.15, -0.1) is 0 Å². The van der Waals surface area contributed by atoms with Crippen LogP contribution in [0.5, 0.6) is 0 Å². The Balaban J connectivity index is 2.46. The summed E-state index contributed by atoms with van der Waals surface area (Å²) in [6.45, 7) is 8.93. The van der Waals surface area contributed by atoms with Gasteiger partial charge in [-0.1, -0.05) is 23.9 Å². The molecule has 1 aliphatic rings. The molecule has 0 amide bonds. The van der Waals surface area contributed by atoms with Gasteiger partial charge in [0.25, 0.3) is 0 Å². The number of carbonyl (C=O) groups excluding carboxylic acids is 1. The van der Waals surface area contributed by atoms with Crippen LogP contribution in [0.4, 0.5) is 13.2 Å². The molecule has 9 heteroatoms. The maximum Gasteiger partial charge on any atom is 0.491 e. The second-order valence-electron chi connectivity index (χ2n) is 7.50. The van der Waals surface area contributed by atoms with E-state index < -0.39 is 30.1 Å². The van der Waals surface area contributed by atoms with E-state index in [2.05, 4.69) is 0 Å². The van der Waals surface area contributed by atoms with E-state index in [9.17, 15) is 23.2 Å². The van der Waals surface area contributed by atoms with E-state index in [4.69, 9.17) is 9.31 Å². The van der Waals surface area contributed by atoms with Gasteiger partial charge in [0.1, 0.15) is 0 Å². The summed E-state index contributed by atoms with van der Waals surface area (Å²) in [4.78, 5) is 11.4. The third-order valence-corrected chi connectivity index (χ3v) is 5.72. The van der Waals surface area contributed by atoms with Gasteiger partial charge < -0.3 is 9.31 Å². The second kappa shape index (κ2) is 7.93. The summed E-state index contributed by atoms with van der Waals surface area (Å²) in [5, 5.41) is 9.19. The predicted octanol–water partition coefficient (Wildman–Crippen LogP) is 4.87. The van der Waals surface area contributed by atoms with Gasteiger partial charge in [-0.25, -0.2) is 0 Å². The number of nitriles is 1. The number of benzene rings is 1. The fraction of sp³-hybridized carbons (Fsp3) is 0.474. The molecule has 1 fully saturated rings. The predicted molar refractivity (Wildman–Crippen MR) is 103 cm³/mol. The molecule has 28 heavy (non-hydrogen) atoms. The van der Waals surface area contributed by atoms with Crippen molar-refractivity contribution in [3.8, 4) is 6.07 Å². The number of rotatable bonds is 4. The molecule has 0 aromatic heterocycles. The number of alkyl halides is 3. The molecule has 0 spiro atoms. The average Bonchev–Trinajstić information content (AvgIpc) is 2.78. The van der Waals surface area contributed by atoms with E-state index in [0.717, 1.165) is 23.9 Å². The van der Waals surface area contributed by atoms with Crippen molar-refractivity contribution in [2.75, 3.05) is 5.75 Å². The van der Waals surface area contributed by atoms with Gasteiger partial charge in [-0.05, 0) is 50.9 Å². The normalized spacial score (nSPS) is 18.8. The molecular weight excluding hydrogens is 390 g/mol. The number of hydrogen-bond acceptors (Lipinski definition) is 5. The zero-order chi connectivity index (χ0) is 21.3. The van der Waals surface area contributed by atoms with Crippen LogP contribution in [-0.4, -0.2) is 29.2 Å². The summed E-state index contributed by atoms with van der Waals surface area (Å²) in [7, 11) is -0.773. The molecule has 0 saturated carbocycles. The molecule has 0 N–H and O–H groups in total. The lowest BCUT2D eigenvalue weighted by atomic mass is 9.78. The van der Waals surface area contributed by atoms with Crippen molar-refractivity contribution in [2.45, 2.75) is 52.0 Å². The van der Waals surface area contributed by atoms with E-state index in [-0.39, 0.29) is 16.4 Å². The Bertz CT molecular complexity index is 828. The van der Waals surface area contributed by atoms with Crippen LogP contribution in [0.15, 0.2) is 23.7 Å². The fourth-order valence-electron chi connectivity index (χ4n) is 2.51. The summed E-state index contributed by atoms with van der Waals surface area (Å²) in [6.07, 6.45) is -2.97. The van der Waals surface area contributed by atoms with Crippen LogP contribution in [0.3, 0.4) is 0 Å². The molecule has 1 aliphatic heterocycles. The Labute approximate surface area is 167 Å². The maximum absolute atomic E-state index is 12.9. The van der Waals surface area contributed by atoms with Gasteiger partial charge in [0.15, 0.2) is 5.12 Å². The smallest absolute Gasteiger partial charge is 0.400 e. The summed E-state index contributed by atoms with van der Waals surface area (Å²) in [5.41, 5.74) is -1.36. The first-order chi connectivity index (χ1) is 12.8. The highest BCUT2D eigenvalue weighted by Gasteiger charge is 2.52. The molecule has 0 aliphatic carbocycles. The summed E-state index contributed by atoms with van der Waals surface area (Å²) in [5.74, 6) is 0.234. The first-order valence-electron chi connectivity index (χ1n) is 8.57. The third-order valence-electron chi connectivity index (χ3n) is 4.84. The molecule has 1 aromatic carbocycles. The highest BCUT2D eigenvalue weighted by molar-refractivity contribution is 8.13. The molecular formula is C19H21BF3NO3S. The average molecular weight is 411 g/mol. The SMILES string of the molecule is CC(=O)SCC(=Cc1ccc(C(F)(F)F)cc1C#N)B1OC(C)(C)C(C)(C)O1. The van der Waals surface area contributed by atoms with E-state index in [1.54, 1.807) is 12.1 Å². The molecule has 0 radical (unpaired) electrons. The molecule has 1 saturated heterocycles. The second-order valence-corrected chi connectivity index (χ2v) is 8.65. The minimum Gasteiger partial charge on any atom is -0.400 e. The van der Waals surface area contributed by atoms with Crippen LogP contribution in [0.2, 0.25) is 0 Å². The first kappa shape index (κ1) is 22.5. The summed E-state index contributed by atoms with van der Waals surface area (Å²) < 4.78 is 50.8. The van der Waals surface area contributed by atoms with Crippen molar-refractivity contribution < 1.29 is 27.3 Å². The zero-order valence-corrected chi connectivity index (χ0v) is 17.1. The van der Waals surface area contributed by atoms with Gasteiger partial charge in [-0.2, -0.15) is 18.4 Å². The van der Waals surface area contributed by atoms with Crippen molar-refractivity contribution in [2.24, 2.45) is 0 Å². The van der Waals surface area contributed by atoms with Crippen molar-refractivity contribution in [3.63, 3.8) is 0 Å². The van der Waals surface area contributed by atoms with E-state index >= 15 is 0 Å². The minimum atomic E-state index is -4.53. The van der Waals surface area contributed by atoms with Gasteiger partial charge in [0.05, 0.1) is 28.4 Å². The van der Waals surface area contributed by atoms with Crippen molar-refractivity contribution in [1.82, 2.24) is 0 Å². The number of hydrogen-bond donors (Lipinski definition) is 0. The molecule has 4 nitrogen and oxygen atoms in total. The number of thioether (sulfide) groups is 1. The van der Waals surface area contributed by atoms with Crippen LogP contribution >= 0.6 is 11.8 Å². The minimum absolute atomic E-state index is 0.114.